The minimum atomic E-state index is -0.404. The van der Waals surface area contributed by atoms with E-state index in [2.05, 4.69) is 10.3 Å². The Morgan fingerprint density at radius 1 is 1.56 bits per heavy atom. The molecule has 6 nitrogen and oxygen atoms in total. The van der Waals surface area contributed by atoms with Crippen molar-refractivity contribution in [2.45, 2.75) is 11.0 Å². The van der Waals surface area contributed by atoms with Crippen LogP contribution in [0.2, 0.25) is 0 Å². The van der Waals surface area contributed by atoms with Gasteiger partial charge in [-0.3, -0.25) is 10.1 Å². The average Bonchev–Trinajstić information content (AvgIpc) is 2.89. The fourth-order valence-corrected chi connectivity index (χ4v) is 2.25. The molecule has 94 valence electrons. The standard InChI is InChI=1S/C11H11N3O3S/c1-12-10-3-2-9(14(15)16)6-8(10)7-18-11-13-4-5-17-11/h2-6,12H,7H2,1H3. The third-order valence-electron chi connectivity index (χ3n) is 2.33. The van der Waals surface area contributed by atoms with Crippen LogP contribution in [0.25, 0.3) is 0 Å². The molecular formula is C11H11N3O3S. The Hall–Kier alpha value is -2.02. The zero-order valence-electron chi connectivity index (χ0n) is 9.62. The van der Waals surface area contributed by atoms with Gasteiger partial charge in [-0.2, -0.15) is 0 Å². The first-order valence-corrected chi connectivity index (χ1v) is 6.16. The number of non-ortho nitro benzene ring substituents is 1. The van der Waals surface area contributed by atoms with Gasteiger partial charge in [-0.05, 0) is 11.6 Å². The molecule has 7 heteroatoms. The van der Waals surface area contributed by atoms with E-state index in [0.717, 1.165) is 11.3 Å². The number of anilines is 1. The zero-order valence-corrected chi connectivity index (χ0v) is 10.4. The largest absolute Gasteiger partial charge is 0.440 e. The molecule has 0 spiro atoms. The average molecular weight is 265 g/mol. The van der Waals surface area contributed by atoms with Crippen LogP contribution in [-0.2, 0) is 5.75 Å². The number of nitrogens with one attached hydrogen (secondary N) is 1. The number of nitro groups is 1. The van der Waals surface area contributed by atoms with Crippen LogP contribution in [0.3, 0.4) is 0 Å². The summed E-state index contributed by atoms with van der Waals surface area (Å²) in [7, 11) is 1.78. The van der Waals surface area contributed by atoms with Crippen LogP contribution in [0, 0.1) is 10.1 Å². The lowest BCUT2D eigenvalue weighted by molar-refractivity contribution is -0.384. The van der Waals surface area contributed by atoms with Crippen LogP contribution in [0.15, 0.2) is 40.3 Å². The number of aromatic nitrogens is 1. The van der Waals surface area contributed by atoms with Crippen molar-refractivity contribution in [3.8, 4) is 0 Å². The predicted molar refractivity (Wildman–Crippen MR) is 68.7 cm³/mol. The molecule has 1 heterocycles. The molecule has 0 aliphatic carbocycles. The third-order valence-corrected chi connectivity index (χ3v) is 3.23. The lowest BCUT2D eigenvalue weighted by Gasteiger charge is -2.07. The maximum atomic E-state index is 10.7. The highest BCUT2D eigenvalue weighted by Crippen LogP contribution is 2.28. The minimum Gasteiger partial charge on any atom is -0.440 e. The van der Waals surface area contributed by atoms with Crippen molar-refractivity contribution in [1.82, 2.24) is 4.98 Å². The van der Waals surface area contributed by atoms with Crippen LogP contribution in [0.4, 0.5) is 11.4 Å². The van der Waals surface area contributed by atoms with Crippen molar-refractivity contribution in [1.29, 1.82) is 0 Å². The van der Waals surface area contributed by atoms with E-state index in [-0.39, 0.29) is 5.69 Å². The van der Waals surface area contributed by atoms with Gasteiger partial charge in [-0.1, -0.05) is 11.8 Å². The van der Waals surface area contributed by atoms with Crippen molar-refractivity contribution in [3.05, 3.63) is 46.3 Å². The first kappa shape index (κ1) is 12.4. The van der Waals surface area contributed by atoms with Crippen LogP contribution in [-0.4, -0.2) is 17.0 Å². The highest BCUT2D eigenvalue weighted by molar-refractivity contribution is 7.98. The van der Waals surface area contributed by atoms with Crippen molar-refractivity contribution in [3.63, 3.8) is 0 Å². The molecule has 1 aromatic carbocycles. The molecule has 0 saturated heterocycles. The van der Waals surface area contributed by atoms with Crippen molar-refractivity contribution >= 4 is 23.1 Å². The molecule has 0 fully saturated rings. The molecule has 0 radical (unpaired) electrons. The Morgan fingerprint density at radius 2 is 2.39 bits per heavy atom. The van der Waals surface area contributed by atoms with Gasteiger partial charge in [-0.15, -0.1) is 0 Å². The Balaban J connectivity index is 2.18. The summed E-state index contributed by atoms with van der Waals surface area (Å²) in [6.45, 7) is 0. The molecule has 1 N–H and O–H groups in total. The van der Waals surface area contributed by atoms with Gasteiger partial charge in [0.15, 0.2) is 0 Å². The van der Waals surface area contributed by atoms with Gasteiger partial charge in [-0.25, -0.2) is 4.98 Å². The van der Waals surface area contributed by atoms with Gasteiger partial charge >= 0.3 is 0 Å². The van der Waals surface area contributed by atoms with E-state index in [1.807, 2.05) is 0 Å². The molecule has 2 aromatic rings. The monoisotopic (exact) mass is 265 g/mol. The molecular weight excluding hydrogens is 254 g/mol. The van der Waals surface area contributed by atoms with Crippen LogP contribution in [0.5, 0.6) is 0 Å². The Kier molecular flexibility index (Phi) is 3.83. The second kappa shape index (κ2) is 5.54. The highest BCUT2D eigenvalue weighted by Gasteiger charge is 2.11. The summed E-state index contributed by atoms with van der Waals surface area (Å²) in [5.74, 6) is 0.554. The van der Waals surface area contributed by atoms with E-state index in [1.165, 1.54) is 24.1 Å². The van der Waals surface area contributed by atoms with Crippen molar-refractivity contribution in [2.75, 3.05) is 12.4 Å². The zero-order chi connectivity index (χ0) is 13.0. The number of benzene rings is 1. The fraction of sp³-hybridized carbons (Fsp3) is 0.182. The number of oxazole rings is 1. The van der Waals surface area contributed by atoms with Gasteiger partial charge in [0.1, 0.15) is 6.26 Å². The lowest BCUT2D eigenvalue weighted by atomic mass is 10.2. The molecule has 18 heavy (non-hydrogen) atoms. The summed E-state index contributed by atoms with van der Waals surface area (Å²) in [4.78, 5) is 14.3. The topological polar surface area (TPSA) is 81.2 Å². The van der Waals surface area contributed by atoms with Crippen LogP contribution < -0.4 is 5.32 Å². The number of rotatable bonds is 5. The quantitative estimate of drug-likeness (QED) is 0.508. The van der Waals surface area contributed by atoms with E-state index in [9.17, 15) is 10.1 Å². The van der Waals surface area contributed by atoms with E-state index < -0.39 is 4.92 Å². The molecule has 0 unspecified atom stereocenters. The molecule has 0 amide bonds. The van der Waals surface area contributed by atoms with Gasteiger partial charge < -0.3 is 9.73 Å². The lowest BCUT2D eigenvalue weighted by Crippen LogP contribution is -1.96. The second-order valence-electron chi connectivity index (χ2n) is 3.44. The summed E-state index contributed by atoms with van der Waals surface area (Å²) in [6.07, 6.45) is 3.06. The van der Waals surface area contributed by atoms with Gasteiger partial charge in [0, 0.05) is 30.6 Å². The van der Waals surface area contributed by atoms with Gasteiger partial charge in [0.2, 0.25) is 0 Å². The number of nitro benzene ring substituents is 1. The summed E-state index contributed by atoms with van der Waals surface area (Å²) >= 11 is 1.39. The summed E-state index contributed by atoms with van der Waals surface area (Å²) in [5.41, 5.74) is 1.78. The molecule has 0 saturated carbocycles. The summed E-state index contributed by atoms with van der Waals surface area (Å²) in [5, 5.41) is 14.3. The van der Waals surface area contributed by atoms with E-state index in [4.69, 9.17) is 4.42 Å². The van der Waals surface area contributed by atoms with Crippen molar-refractivity contribution in [2.24, 2.45) is 0 Å². The predicted octanol–water partition coefficient (Wildman–Crippen LogP) is 2.92. The molecule has 0 aliphatic rings. The smallest absolute Gasteiger partial charge is 0.269 e. The Morgan fingerprint density at radius 3 is 3.00 bits per heavy atom. The maximum absolute atomic E-state index is 10.7. The van der Waals surface area contributed by atoms with Crippen LogP contribution in [0.1, 0.15) is 5.56 Å². The van der Waals surface area contributed by atoms with Gasteiger partial charge in [0.25, 0.3) is 10.9 Å². The van der Waals surface area contributed by atoms with Gasteiger partial charge in [0.05, 0.1) is 11.1 Å². The normalized spacial score (nSPS) is 10.3. The highest BCUT2D eigenvalue weighted by atomic mass is 32.2. The maximum Gasteiger partial charge on any atom is 0.269 e. The molecule has 1 aromatic heterocycles. The fourth-order valence-electron chi connectivity index (χ4n) is 1.48. The number of nitrogens with zero attached hydrogens (tertiary/aromatic N) is 2. The first-order chi connectivity index (χ1) is 8.70. The van der Waals surface area contributed by atoms with E-state index >= 15 is 0 Å². The third kappa shape index (κ3) is 2.80. The number of hydrogen-bond acceptors (Lipinski definition) is 6. The summed E-state index contributed by atoms with van der Waals surface area (Å²) < 4.78 is 5.10. The first-order valence-electron chi connectivity index (χ1n) is 5.18. The SMILES string of the molecule is CNc1ccc([N+](=O)[O-])cc1CSc1ncco1. The summed E-state index contributed by atoms with van der Waals surface area (Å²) in [6, 6.07) is 4.73. The molecule has 0 aliphatic heterocycles. The number of hydrogen-bond donors (Lipinski definition) is 1. The molecule has 0 bridgehead atoms. The molecule has 2 rings (SSSR count). The Bertz CT molecular complexity index is 542. The minimum absolute atomic E-state index is 0.0806. The van der Waals surface area contributed by atoms with E-state index in [1.54, 1.807) is 25.4 Å². The molecule has 0 atom stereocenters. The second-order valence-corrected chi connectivity index (χ2v) is 4.36. The Labute approximate surface area is 108 Å². The van der Waals surface area contributed by atoms with Crippen molar-refractivity contribution < 1.29 is 9.34 Å². The van der Waals surface area contributed by atoms with Crippen LogP contribution >= 0.6 is 11.8 Å². The van der Waals surface area contributed by atoms with E-state index in [0.29, 0.717) is 11.0 Å². The number of thioether (sulfide) groups is 1.